The van der Waals surface area contributed by atoms with E-state index in [1.165, 1.54) is 0 Å². The molecule has 2 aromatic carbocycles. The summed E-state index contributed by atoms with van der Waals surface area (Å²) >= 11 is 5.22. The molecular weight excluding hydrogens is 256 g/mol. The molecule has 3 aromatic rings. The Morgan fingerprint density at radius 2 is 1.95 bits per heavy atom. The molecule has 0 saturated carbocycles. The van der Waals surface area contributed by atoms with Crippen LogP contribution in [0.25, 0.3) is 22.2 Å². The van der Waals surface area contributed by atoms with Gasteiger partial charge in [-0.1, -0.05) is 24.3 Å². The van der Waals surface area contributed by atoms with Gasteiger partial charge in [0.05, 0.1) is 0 Å². The van der Waals surface area contributed by atoms with E-state index in [0.717, 1.165) is 28.7 Å². The molecular formula is C14H14N4S. The Morgan fingerprint density at radius 1 is 1.26 bits per heavy atom. The summed E-state index contributed by atoms with van der Waals surface area (Å²) in [5.74, 6) is 0.788. The molecule has 0 amide bonds. The number of aromatic amines is 1. The number of nitrogen functional groups attached to an aromatic ring is 1. The molecule has 96 valence electrons. The van der Waals surface area contributed by atoms with Crippen LogP contribution in [0.4, 0.5) is 5.69 Å². The van der Waals surface area contributed by atoms with Gasteiger partial charge in [0.25, 0.3) is 0 Å². The fraction of sp³-hybridized carbons (Fsp3) is 0.143. The zero-order chi connectivity index (χ0) is 13.4. The molecule has 0 spiro atoms. The number of nitrogens with two attached hydrogens (primary N) is 1. The molecule has 0 atom stereocenters. The van der Waals surface area contributed by atoms with Gasteiger partial charge in [-0.2, -0.15) is 5.10 Å². The Morgan fingerprint density at radius 3 is 2.63 bits per heavy atom. The van der Waals surface area contributed by atoms with E-state index in [2.05, 4.69) is 22.3 Å². The zero-order valence-corrected chi connectivity index (χ0v) is 11.4. The van der Waals surface area contributed by atoms with Gasteiger partial charge in [-0.3, -0.25) is 5.10 Å². The molecule has 1 aromatic heterocycles. The van der Waals surface area contributed by atoms with Gasteiger partial charge in [0.2, 0.25) is 0 Å². The largest absolute Gasteiger partial charge is 0.398 e. The molecule has 0 saturated heterocycles. The Hall–Kier alpha value is -2.14. The van der Waals surface area contributed by atoms with E-state index in [1.54, 1.807) is 0 Å². The van der Waals surface area contributed by atoms with Gasteiger partial charge in [-0.25, -0.2) is 0 Å². The highest BCUT2D eigenvalue weighted by molar-refractivity contribution is 7.71. The first-order chi connectivity index (χ1) is 9.20. The second-order valence-corrected chi connectivity index (χ2v) is 4.77. The first-order valence-electron chi connectivity index (χ1n) is 6.14. The van der Waals surface area contributed by atoms with E-state index in [1.807, 2.05) is 35.8 Å². The van der Waals surface area contributed by atoms with Crippen molar-refractivity contribution in [3.8, 4) is 11.4 Å². The maximum atomic E-state index is 6.15. The first-order valence-corrected chi connectivity index (χ1v) is 6.55. The lowest BCUT2D eigenvalue weighted by molar-refractivity contribution is 0.756. The maximum Gasteiger partial charge on any atom is 0.195 e. The van der Waals surface area contributed by atoms with Crippen molar-refractivity contribution in [2.75, 3.05) is 5.73 Å². The van der Waals surface area contributed by atoms with Gasteiger partial charge >= 0.3 is 0 Å². The van der Waals surface area contributed by atoms with Crippen LogP contribution in [0.1, 0.15) is 6.92 Å². The van der Waals surface area contributed by atoms with Crippen LogP contribution in [0.3, 0.4) is 0 Å². The lowest BCUT2D eigenvalue weighted by Crippen LogP contribution is -2.00. The normalized spacial score (nSPS) is 11.0. The van der Waals surface area contributed by atoms with Crippen molar-refractivity contribution >= 4 is 28.7 Å². The Balaban J connectivity index is 2.30. The molecule has 0 aliphatic heterocycles. The maximum absolute atomic E-state index is 6.15. The number of nitrogens with zero attached hydrogens (tertiary/aromatic N) is 2. The molecule has 1 heterocycles. The van der Waals surface area contributed by atoms with Crippen molar-refractivity contribution in [2.45, 2.75) is 13.5 Å². The van der Waals surface area contributed by atoms with Crippen LogP contribution in [0, 0.1) is 4.77 Å². The van der Waals surface area contributed by atoms with E-state index in [4.69, 9.17) is 18.0 Å². The molecule has 0 radical (unpaired) electrons. The second kappa shape index (κ2) is 4.51. The average Bonchev–Trinajstić information content (AvgIpc) is 2.78. The van der Waals surface area contributed by atoms with Crippen molar-refractivity contribution in [2.24, 2.45) is 0 Å². The smallest absolute Gasteiger partial charge is 0.195 e. The van der Waals surface area contributed by atoms with Crippen LogP contribution in [-0.2, 0) is 6.54 Å². The van der Waals surface area contributed by atoms with Crippen LogP contribution >= 0.6 is 12.2 Å². The van der Waals surface area contributed by atoms with Crippen LogP contribution in [0.15, 0.2) is 36.4 Å². The van der Waals surface area contributed by atoms with Gasteiger partial charge in [0.1, 0.15) is 0 Å². The predicted octanol–water partition coefficient (Wildman–Crippen LogP) is 3.36. The Bertz CT molecular complexity index is 801. The monoisotopic (exact) mass is 270 g/mol. The third-order valence-corrected chi connectivity index (χ3v) is 3.54. The van der Waals surface area contributed by atoms with Crippen molar-refractivity contribution in [1.29, 1.82) is 0 Å². The minimum absolute atomic E-state index is 0.616. The standard InChI is InChI=1S/C14H14N4S/c1-2-18-13(16-17-14(18)19)11-7-9-5-3-4-6-10(9)8-12(11)15/h3-8H,2,15H2,1H3,(H,17,19). The molecule has 5 heteroatoms. The Labute approximate surface area is 115 Å². The summed E-state index contributed by atoms with van der Waals surface area (Å²) in [5, 5.41) is 9.38. The molecule has 3 rings (SSSR count). The SMILES string of the molecule is CCn1c(-c2cc3ccccc3cc2N)n[nH]c1=S. The predicted molar refractivity (Wildman–Crippen MR) is 80.4 cm³/mol. The summed E-state index contributed by atoms with van der Waals surface area (Å²) in [6, 6.07) is 12.2. The fourth-order valence-electron chi connectivity index (χ4n) is 2.27. The minimum Gasteiger partial charge on any atom is -0.398 e. The van der Waals surface area contributed by atoms with Crippen LogP contribution in [0.5, 0.6) is 0 Å². The number of aromatic nitrogens is 3. The van der Waals surface area contributed by atoms with Crippen LogP contribution in [-0.4, -0.2) is 14.8 Å². The lowest BCUT2D eigenvalue weighted by Gasteiger charge is -2.08. The van der Waals surface area contributed by atoms with E-state index in [9.17, 15) is 0 Å². The minimum atomic E-state index is 0.616. The number of H-pyrrole nitrogens is 1. The van der Waals surface area contributed by atoms with Crippen LogP contribution in [0.2, 0.25) is 0 Å². The van der Waals surface area contributed by atoms with Crippen molar-refractivity contribution in [3.63, 3.8) is 0 Å². The number of fused-ring (bicyclic) bond motifs is 1. The molecule has 3 N–H and O–H groups in total. The summed E-state index contributed by atoms with van der Waals surface area (Å²) < 4.78 is 2.56. The lowest BCUT2D eigenvalue weighted by atomic mass is 10.0. The molecule has 0 unspecified atom stereocenters. The Kier molecular flexibility index (Phi) is 2.83. The second-order valence-electron chi connectivity index (χ2n) is 4.38. The molecule has 0 aliphatic carbocycles. The summed E-state index contributed by atoms with van der Waals surface area (Å²) in [4.78, 5) is 0. The van der Waals surface area contributed by atoms with Gasteiger partial charge in [-0.15, -0.1) is 0 Å². The average molecular weight is 270 g/mol. The summed E-state index contributed by atoms with van der Waals surface area (Å²) in [6.45, 7) is 2.79. The quantitative estimate of drug-likeness (QED) is 0.554. The number of anilines is 1. The van der Waals surface area contributed by atoms with Gasteiger partial charge in [0, 0.05) is 17.8 Å². The number of rotatable bonds is 2. The van der Waals surface area contributed by atoms with Gasteiger partial charge < -0.3 is 10.3 Å². The zero-order valence-electron chi connectivity index (χ0n) is 10.6. The molecule has 0 fully saturated rings. The third-order valence-electron chi connectivity index (χ3n) is 3.23. The van der Waals surface area contributed by atoms with Gasteiger partial charge in [0.15, 0.2) is 10.6 Å². The van der Waals surface area contributed by atoms with E-state index >= 15 is 0 Å². The van der Waals surface area contributed by atoms with E-state index < -0.39 is 0 Å². The first kappa shape index (κ1) is 11.9. The number of benzene rings is 2. The van der Waals surface area contributed by atoms with Crippen molar-refractivity contribution in [1.82, 2.24) is 14.8 Å². The number of hydrogen-bond donors (Lipinski definition) is 2. The summed E-state index contributed by atoms with van der Waals surface area (Å²) in [7, 11) is 0. The number of nitrogens with one attached hydrogen (secondary N) is 1. The number of hydrogen-bond acceptors (Lipinski definition) is 3. The highest BCUT2D eigenvalue weighted by Crippen LogP contribution is 2.29. The fourth-order valence-corrected chi connectivity index (χ4v) is 2.53. The summed E-state index contributed by atoms with van der Waals surface area (Å²) in [6.07, 6.45) is 0. The van der Waals surface area contributed by atoms with E-state index in [-0.39, 0.29) is 0 Å². The molecule has 0 aliphatic rings. The van der Waals surface area contributed by atoms with Gasteiger partial charge in [-0.05, 0) is 42.0 Å². The van der Waals surface area contributed by atoms with Crippen LogP contribution < -0.4 is 5.73 Å². The summed E-state index contributed by atoms with van der Waals surface area (Å²) in [5.41, 5.74) is 7.77. The highest BCUT2D eigenvalue weighted by atomic mass is 32.1. The third kappa shape index (κ3) is 1.92. The molecule has 19 heavy (non-hydrogen) atoms. The highest BCUT2D eigenvalue weighted by Gasteiger charge is 2.11. The van der Waals surface area contributed by atoms with Crippen molar-refractivity contribution in [3.05, 3.63) is 41.2 Å². The topological polar surface area (TPSA) is 59.6 Å². The molecule has 4 nitrogen and oxygen atoms in total. The molecule has 0 bridgehead atoms. The van der Waals surface area contributed by atoms with Crippen molar-refractivity contribution < 1.29 is 0 Å². The van der Waals surface area contributed by atoms with E-state index in [0.29, 0.717) is 10.5 Å².